The number of nitro groups is 1. The maximum absolute atomic E-state index is 10.4. The summed E-state index contributed by atoms with van der Waals surface area (Å²) in [6.45, 7) is 2.20. The molecule has 0 aliphatic heterocycles. The Labute approximate surface area is 97.9 Å². The Morgan fingerprint density at radius 2 is 2.50 bits per heavy atom. The van der Waals surface area contributed by atoms with Crippen LogP contribution in [0, 0.1) is 10.1 Å². The molecule has 1 aromatic heterocycles. The molecule has 1 N–H and O–H groups in total. The summed E-state index contributed by atoms with van der Waals surface area (Å²) < 4.78 is 4.88. The molecular weight excluding hydrogens is 228 g/mol. The first-order valence-corrected chi connectivity index (χ1v) is 5.71. The van der Waals surface area contributed by atoms with E-state index in [9.17, 15) is 10.1 Å². The zero-order valence-corrected chi connectivity index (χ0v) is 9.83. The molecule has 0 amide bonds. The van der Waals surface area contributed by atoms with Crippen molar-refractivity contribution in [3.63, 3.8) is 0 Å². The predicted molar refractivity (Wildman–Crippen MR) is 64.8 cm³/mol. The van der Waals surface area contributed by atoms with Gasteiger partial charge in [-0.3, -0.25) is 10.1 Å². The van der Waals surface area contributed by atoms with Gasteiger partial charge in [-0.1, -0.05) is 23.5 Å². The zero-order valence-electron chi connectivity index (χ0n) is 9.01. The van der Waals surface area contributed by atoms with Gasteiger partial charge in [0.1, 0.15) is 0 Å². The third-order valence-electron chi connectivity index (χ3n) is 1.84. The first kappa shape index (κ1) is 12.8. The van der Waals surface area contributed by atoms with Crippen molar-refractivity contribution in [2.24, 2.45) is 0 Å². The molecule has 1 rings (SSSR count). The molecule has 5 nitrogen and oxygen atoms in total. The Morgan fingerprint density at radius 1 is 1.69 bits per heavy atom. The van der Waals surface area contributed by atoms with Gasteiger partial charge in [0, 0.05) is 31.6 Å². The van der Waals surface area contributed by atoms with Gasteiger partial charge >= 0.3 is 5.00 Å². The van der Waals surface area contributed by atoms with E-state index < -0.39 is 0 Å². The molecular formula is C10H14N2O3S. The molecule has 0 aromatic carbocycles. The average molecular weight is 242 g/mol. The van der Waals surface area contributed by atoms with Gasteiger partial charge in [0.15, 0.2) is 0 Å². The second-order valence-corrected chi connectivity index (χ2v) is 3.96. The Balaban J connectivity index is 2.30. The van der Waals surface area contributed by atoms with E-state index >= 15 is 0 Å². The van der Waals surface area contributed by atoms with Gasteiger partial charge in [-0.15, -0.1) is 0 Å². The molecule has 0 saturated heterocycles. The van der Waals surface area contributed by atoms with E-state index in [0.717, 1.165) is 30.0 Å². The second kappa shape index (κ2) is 7.10. The molecule has 0 atom stereocenters. The Morgan fingerprint density at radius 3 is 3.12 bits per heavy atom. The summed E-state index contributed by atoms with van der Waals surface area (Å²) in [5.41, 5.74) is 0.866. The number of hydrogen-bond donors (Lipinski definition) is 1. The van der Waals surface area contributed by atoms with Crippen LogP contribution in [0.25, 0.3) is 6.08 Å². The molecule has 0 saturated carbocycles. The largest absolute Gasteiger partial charge is 0.383 e. The highest BCUT2D eigenvalue weighted by molar-refractivity contribution is 7.13. The molecule has 6 heteroatoms. The van der Waals surface area contributed by atoms with E-state index in [1.165, 1.54) is 0 Å². The van der Waals surface area contributed by atoms with E-state index in [1.54, 1.807) is 18.6 Å². The minimum atomic E-state index is -0.376. The number of rotatable bonds is 7. The first-order valence-electron chi connectivity index (χ1n) is 4.83. The number of thiophene rings is 1. The van der Waals surface area contributed by atoms with Crippen molar-refractivity contribution >= 4 is 22.4 Å². The summed E-state index contributed by atoms with van der Waals surface area (Å²) in [5, 5.41) is 15.5. The van der Waals surface area contributed by atoms with Crippen molar-refractivity contribution in [1.29, 1.82) is 0 Å². The van der Waals surface area contributed by atoms with Crippen LogP contribution in [0.3, 0.4) is 0 Å². The predicted octanol–water partition coefficient (Wildman–Crippen LogP) is 1.91. The third kappa shape index (κ3) is 4.52. The topological polar surface area (TPSA) is 64.4 Å². The fourth-order valence-corrected chi connectivity index (χ4v) is 1.77. The van der Waals surface area contributed by atoms with Gasteiger partial charge < -0.3 is 10.1 Å². The third-order valence-corrected chi connectivity index (χ3v) is 2.74. The van der Waals surface area contributed by atoms with E-state index in [4.69, 9.17) is 4.74 Å². The lowest BCUT2D eigenvalue weighted by Crippen LogP contribution is -2.18. The number of nitrogens with one attached hydrogen (secondary N) is 1. The highest BCUT2D eigenvalue weighted by Crippen LogP contribution is 2.23. The Bertz CT molecular complexity index is 363. The molecule has 0 unspecified atom stereocenters. The highest BCUT2D eigenvalue weighted by atomic mass is 32.1. The SMILES string of the molecule is COCCNCC=Cc1csc([N+](=O)[O-])c1. The van der Waals surface area contributed by atoms with Crippen LogP contribution in [-0.4, -0.2) is 31.7 Å². The summed E-state index contributed by atoms with van der Waals surface area (Å²) in [7, 11) is 1.65. The molecule has 0 spiro atoms. The van der Waals surface area contributed by atoms with E-state index in [-0.39, 0.29) is 9.92 Å². The smallest absolute Gasteiger partial charge is 0.324 e. The molecule has 0 aliphatic rings. The van der Waals surface area contributed by atoms with Gasteiger partial charge in [-0.05, 0) is 5.56 Å². The number of ether oxygens (including phenoxy) is 1. The van der Waals surface area contributed by atoms with Crippen molar-refractivity contribution < 1.29 is 9.66 Å². The standard InChI is InChI=1S/C10H14N2O3S/c1-15-6-5-11-4-2-3-9-7-10(12(13)14)16-8-9/h2-3,7-8,11H,4-6H2,1H3. The number of methoxy groups -OCH3 is 1. The summed E-state index contributed by atoms with van der Waals surface area (Å²) in [5.74, 6) is 0. The first-order chi connectivity index (χ1) is 7.74. The summed E-state index contributed by atoms with van der Waals surface area (Å²) in [6.07, 6.45) is 3.80. The molecule has 0 bridgehead atoms. The number of nitrogens with zero attached hydrogens (tertiary/aromatic N) is 1. The van der Waals surface area contributed by atoms with Crippen LogP contribution in [0.1, 0.15) is 5.56 Å². The fourth-order valence-electron chi connectivity index (χ4n) is 1.08. The summed E-state index contributed by atoms with van der Waals surface area (Å²) in [6, 6.07) is 1.57. The highest BCUT2D eigenvalue weighted by Gasteiger charge is 2.06. The van der Waals surface area contributed by atoms with Crippen LogP contribution in [0.2, 0.25) is 0 Å². The van der Waals surface area contributed by atoms with Crippen molar-refractivity contribution in [2.45, 2.75) is 0 Å². The zero-order chi connectivity index (χ0) is 11.8. The molecule has 16 heavy (non-hydrogen) atoms. The molecule has 0 radical (unpaired) electrons. The lowest BCUT2D eigenvalue weighted by atomic mass is 10.3. The van der Waals surface area contributed by atoms with Crippen LogP contribution in [0.15, 0.2) is 17.5 Å². The van der Waals surface area contributed by atoms with Crippen LogP contribution in [0.4, 0.5) is 5.00 Å². The van der Waals surface area contributed by atoms with E-state index in [2.05, 4.69) is 5.32 Å². The maximum atomic E-state index is 10.4. The second-order valence-electron chi connectivity index (χ2n) is 3.07. The maximum Gasteiger partial charge on any atom is 0.324 e. The van der Waals surface area contributed by atoms with Gasteiger partial charge in [0.25, 0.3) is 0 Å². The minimum absolute atomic E-state index is 0.173. The van der Waals surface area contributed by atoms with Crippen LogP contribution in [-0.2, 0) is 4.74 Å². The normalized spacial score (nSPS) is 11.1. The average Bonchev–Trinajstić information content (AvgIpc) is 2.72. The van der Waals surface area contributed by atoms with Gasteiger partial charge in [-0.25, -0.2) is 0 Å². The van der Waals surface area contributed by atoms with Crippen LogP contribution in [0.5, 0.6) is 0 Å². The quantitative estimate of drug-likeness (QED) is 0.450. The van der Waals surface area contributed by atoms with E-state index in [0.29, 0.717) is 6.61 Å². The Kier molecular flexibility index (Phi) is 5.69. The van der Waals surface area contributed by atoms with Crippen LogP contribution < -0.4 is 5.32 Å². The molecule has 88 valence electrons. The van der Waals surface area contributed by atoms with Crippen molar-refractivity contribution in [3.05, 3.63) is 33.2 Å². The van der Waals surface area contributed by atoms with Gasteiger partial charge in [0.2, 0.25) is 0 Å². The summed E-state index contributed by atoms with van der Waals surface area (Å²) >= 11 is 1.14. The lowest BCUT2D eigenvalue weighted by molar-refractivity contribution is -0.380. The van der Waals surface area contributed by atoms with Crippen molar-refractivity contribution in [1.82, 2.24) is 5.32 Å². The van der Waals surface area contributed by atoms with Gasteiger partial charge in [0.05, 0.1) is 11.5 Å². The lowest BCUT2D eigenvalue weighted by Gasteiger charge is -1.98. The summed E-state index contributed by atoms with van der Waals surface area (Å²) in [4.78, 5) is 10.1. The Hall–Kier alpha value is -1.24. The molecule has 1 aromatic rings. The van der Waals surface area contributed by atoms with Crippen molar-refractivity contribution in [3.8, 4) is 0 Å². The van der Waals surface area contributed by atoms with Crippen molar-refractivity contribution in [2.75, 3.05) is 26.8 Å². The van der Waals surface area contributed by atoms with Crippen LogP contribution >= 0.6 is 11.3 Å². The number of hydrogen-bond acceptors (Lipinski definition) is 5. The fraction of sp³-hybridized carbons (Fsp3) is 0.400. The molecule has 0 aliphatic carbocycles. The monoisotopic (exact) mass is 242 g/mol. The molecule has 1 heterocycles. The molecule has 0 fully saturated rings. The minimum Gasteiger partial charge on any atom is -0.383 e. The van der Waals surface area contributed by atoms with Gasteiger partial charge in [-0.2, -0.15) is 0 Å². The van der Waals surface area contributed by atoms with E-state index in [1.807, 2.05) is 12.2 Å².